The summed E-state index contributed by atoms with van der Waals surface area (Å²) in [6, 6.07) is 3.24. The predicted molar refractivity (Wildman–Crippen MR) is 42.4 cm³/mol. The minimum absolute atomic E-state index is 0.119. The molecule has 0 atom stereocenters. The van der Waals surface area contributed by atoms with Gasteiger partial charge in [-0.25, -0.2) is 4.57 Å². The first-order valence-electron chi connectivity index (χ1n) is 3.46. The van der Waals surface area contributed by atoms with E-state index in [0.717, 1.165) is 0 Å². The standard InChI is InChI=1S/C6H9N2O4P/c1-2-10-13(9,11-5-3-7)12-6-4-8/h2,5-6H2,1H3. The molecule has 13 heavy (non-hydrogen) atoms. The van der Waals surface area contributed by atoms with Gasteiger partial charge in [-0.2, -0.15) is 10.5 Å². The quantitative estimate of drug-likeness (QED) is 0.603. The van der Waals surface area contributed by atoms with Crippen molar-refractivity contribution < 1.29 is 18.1 Å². The highest BCUT2D eigenvalue weighted by atomic mass is 31.2. The topological polar surface area (TPSA) is 92.3 Å². The van der Waals surface area contributed by atoms with E-state index in [2.05, 4.69) is 13.6 Å². The number of hydrogen-bond acceptors (Lipinski definition) is 6. The molecule has 0 aliphatic rings. The molecule has 0 saturated heterocycles. The van der Waals surface area contributed by atoms with Gasteiger partial charge in [-0.1, -0.05) is 0 Å². The minimum Gasteiger partial charge on any atom is -0.287 e. The van der Waals surface area contributed by atoms with Crippen molar-refractivity contribution in [3.05, 3.63) is 0 Å². The van der Waals surface area contributed by atoms with Gasteiger partial charge in [0.25, 0.3) is 0 Å². The smallest absolute Gasteiger partial charge is 0.287 e. The number of nitriles is 2. The molecule has 0 aromatic rings. The Morgan fingerprint density at radius 1 is 1.15 bits per heavy atom. The van der Waals surface area contributed by atoms with E-state index < -0.39 is 21.0 Å². The van der Waals surface area contributed by atoms with Crippen molar-refractivity contribution in [3.63, 3.8) is 0 Å². The van der Waals surface area contributed by atoms with Gasteiger partial charge < -0.3 is 0 Å². The van der Waals surface area contributed by atoms with Crippen LogP contribution >= 0.6 is 7.82 Å². The molecule has 0 unspecified atom stereocenters. The van der Waals surface area contributed by atoms with Crippen LogP contribution in [-0.4, -0.2) is 19.8 Å². The van der Waals surface area contributed by atoms with E-state index in [1.807, 2.05) is 0 Å². The largest absolute Gasteiger partial charge is 0.476 e. The van der Waals surface area contributed by atoms with Crippen molar-refractivity contribution in [2.75, 3.05) is 19.8 Å². The third-order valence-electron chi connectivity index (χ3n) is 0.862. The minimum atomic E-state index is -3.70. The van der Waals surface area contributed by atoms with Gasteiger partial charge in [-0.3, -0.25) is 13.6 Å². The second-order valence-corrected chi connectivity index (χ2v) is 3.40. The first-order valence-corrected chi connectivity index (χ1v) is 4.92. The SMILES string of the molecule is CCOP(=O)(OCC#N)OCC#N. The molecule has 0 aromatic carbocycles. The molecule has 0 N–H and O–H groups in total. The van der Waals surface area contributed by atoms with Crippen LogP contribution in [0.2, 0.25) is 0 Å². The lowest BCUT2D eigenvalue weighted by Crippen LogP contribution is -2.00. The van der Waals surface area contributed by atoms with Crippen LogP contribution in [0.3, 0.4) is 0 Å². The summed E-state index contributed by atoms with van der Waals surface area (Å²) in [7, 11) is -3.70. The van der Waals surface area contributed by atoms with Gasteiger partial charge in [0, 0.05) is 0 Å². The maximum absolute atomic E-state index is 11.4. The predicted octanol–water partition coefficient (Wildman–Crippen LogP) is 1.21. The second-order valence-electron chi connectivity index (χ2n) is 1.73. The molecular weight excluding hydrogens is 195 g/mol. The van der Waals surface area contributed by atoms with E-state index in [-0.39, 0.29) is 6.61 Å². The first kappa shape index (κ1) is 12.1. The monoisotopic (exact) mass is 204 g/mol. The van der Waals surface area contributed by atoms with Gasteiger partial charge in [0.2, 0.25) is 0 Å². The lowest BCUT2D eigenvalue weighted by Gasteiger charge is -2.13. The molecule has 0 saturated carbocycles. The summed E-state index contributed by atoms with van der Waals surface area (Å²) >= 11 is 0. The number of hydrogen-bond donors (Lipinski definition) is 0. The lowest BCUT2D eigenvalue weighted by molar-refractivity contribution is 0.138. The number of nitrogens with zero attached hydrogens (tertiary/aromatic N) is 2. The molecule has 0 aromatic heterocycles. The van der Waals surface area contributed by atoms with Gasteiger partial charge in [0.05, 0.1) is 18.7 Å². The fourth-order valence-electron chi connectivity index (χ4n) is 0.486. The van der Waals surface area contributed by atoms with Crippen LogP contribution < -0.4 is 0 Å². The van der Waals surface area contributed by atoms with E-state index >= 15 is 0 Å². The highest BCUT2D eigenvalue weighted by Gasteiger charge is 2.25. The number of phosphoric ester groups is 1. The Balaban J connectivity index is 4.11. The second kappa shape index (κ2) is 6.59. The normalized spacial score (nSPS) is 10.4. The molecule has 0 heterocycles. The fourth-order valence-corrected chi connectivity index (χ4v) is 1.46. The zero-order valence-electron chi connectivity index (χ0n) is 7.10. The molecule has 7 heteroatoms. The third-order valence-corrected chi connectivity index (χ3v) is 2.33. The van der Waals surface area contributed by atoms with Crippen molar-refractivity contribution in [2.45, 2.75) is 6.92 Å². The molecule has 72 valence electrons. The summed E-state index contributed by atoms with van der Waals surface area (Å²) in [5.41, 5.74) is 0. The lowest BCUT2D eigenvalue weighted by atomic mass is 10.9. The van der Waals surface area contributed by atoms with Crippen molar-refractivity contribution in [2.24, 2.45) is 0 Å². The van der Waals surface area contributed by atoms with Crippen LogP contribution in [-0.2, 0) is 18.1 Å². The van der Waals surface area contributed by atoms with Crippen LogP contribution in [0, 0.1) is 22.7 Å². The van der Waals surface area contributed by atoms with Crippen LogP contribution in [0.15, 0.2) is 0 Å². The van der Waals surface area contributed by atoms with Gasteiger partial charge >= 0.3 is 7.82 Å². The average Bonchev–Trinajstić information content (AvgIpc) is 2.12. The van der Waals surface area contributed by atoms with Gasteiger partial charge in [-0.15, -0.1) is 0 Å². The Kier molecular flexibility index (Phi) is 6.13. The molecule has 0 amide bonds. The number of rotatable bonds is 6. The summed E-state index contributed by atoms with van der Waals surface area (Å²) in [5, 5.41) is 16.3. The summed E-state index contributed by atoms with van der Waals surface area (Å²) in [6.45, 7) is 0.914. The molecule has 0 fully saturated rings. The maximum Gasteiger partial charge on any atom is 0.476 e. The Hall–Kier alpha value is -0.910. The van der Waals surface area contributed by atoms with Crippen LogP contribution in [0.5, 0.6) is 0 Å². The summed E-state index contributed by atoms with van der Waals surface area (Å²) in [6.07, 6.45) is 0. The average molecular weight is 204 g/mol. The molecule has 0 aliphatic carbocycles. The molecule has 0 bridgehead atoms. The Labute approximate surface area is 76.2 Å². The molecule has 6 nitrogen and oxygen atoms in total. The maximum atomic E-state index is 11.4. The van der Waals surface area contributed by atoms with Crippen molar-refractivity contribution in [3.8, 4) is 12.1 Å². The van der Waals surface area contributed by atoms with E-state index in [1.54, 1.807) is 19.1 Å². The molecule has 0 spiro atoms. The van der Waals surface area contributed by atoms with Gasteiger partial charge in [0.1, 0.15) is 13.2 Å². The summed E-state index contributed by atoms with van der Waals surface area (Å²) < 4.78 is 25.0. The van der Waals surface area contributed by atoms with Crippen LogP contribution in [0.4, 0.5) is 0 Å². The molecule has 0 aliphatic heterocycles. The Morgan fingerprint density at radius 3 is 1.92 bits per heavy atom. The third kappa shape index (κ3) is 5.35. The van der Waals surface area contributed by atoms with Crippen molar-refractivity contribution in [1.29, 1.82) is 10.5 Å². The number of phosphoric acid groups is 1. The molecule has 0 radical (unpaired) electrons. The van der Waals surface area contributed by atoms with E-state index in [0.29, 0.717) is 0 Å². The van der Waals surface area contributed by atoms with Gasteiger partial charge in [0.15, 0.2) is 0 Å². The van der Waals surface area contributed by atoms with Gasteiger partial charge in [-0.05, 0) is 6.92 Å². The van der Waals surface area contributed by atoms with Crippen LogP contribution in [0.1, 0.15) is 6.92 Å². The zero-order valence-corrected chi connectivity index (χ0v) is 7.99. The molecule has 0 rings (SSSR count). The van der Waals surface area contributed by atoms with E-state index in [9.17, 15) is 4.57 Å². The van der Waals surface area contributed by atoms with Crippen molar-refractivity contribution in [1.82, 2.24) is 0 Å². The highest BCUT2D eigenvalue weighted by molar-refractivity contribution is 7.48. The Morgan fingerprint density at radius 2 is 1.62 bits per heavy atom. The fraction of sp³-hybridized carbons (Fsp3) is 0.667. The summed E-state index contributed by atoms with van der Waals surface area (Å²) in [5.74, 6) is 0. The summed E-state index contributed by atoms with van der Waals surface area (Å²) in [4.78, 5) is 0. The van der Waals surface area contributed by atoms with Crippen LogP contribution in [0.25, 0.3) is 0 Å². The first-order chi connectivity index (χ1) is 6.18. The highest BCUT2D eigenvalue weighted by Crippen LogP contribution is 2.48. The Bertz CT molecular complexity index is 245. The molecular formula is C6H9N2O4P. The van der Waals surface area contributed by atoms with E-state index in [1.165, 1.54) is 0 Å². The zero-order chi connectivity index (χ0) is 10.2. The van der Waals surface area contributed by atoms with E-state index in [4.69, 9.17) is 10.5 Å². The van der Waals surface area contributed by atoms with Crippen molar-refractivity contribution >= 4 is 7.82 Å².